The van der Waals surface area contributed by atoms with Gasteiger partial charge in [-0.25, -0.2) is 0 Å². The zero-order valence-corrected chi connectivity index (χ0v) is 5.09. The van der Waals surface area contributed by atoms with Crippen molar-refractivity contribution in [1.82, 2.24) is 0 Å². The summed E-state index contributed by atoms with van der Waals surface area (Å²) in [5.41, 5.74) is 0. The number of hydrogen-bond donors (Lipinski definition) is 0. The Labute approximate surface area is 48.9 Å². The highest BCUT2D eigenvalue weighted by Gasteiger charge is 1.76. The molecule has 0 heterocycles. The molecule has 0 amide bonds. The van der Waals surface area contributed by atoms with E-state index in [1.165, 1.54) is 13.1 Å². The van der Waals surface area contributed by atoms with Gasteiger partial charge < -0.3 is 0 Å². The van der Waals surface area contributed by atoms with Crippen LogP contribution in [0.25, 0.3) is 0 Å². The molecule has 0 atom stereocenters. The van der Waals surface area contributed by atoms with Crippen molar-refractivity contribution in [2.75, 3.05) is 0 Å². The number of ketones is 1. The lowest BCUT2D eigenvalue weighted by molar-refractivity contribution is -0.110. The van der Waals surface area contributed by atoms with Crippen molar-refractivity contribution in [3.63, 3.8) is 0 Å². The van der Waals surface area contributed by atoms with Crippen molar-refractivity contribution in [2.45, 2.75) is 13.8 Å². The second-order valence-electron chi connectivity index (χ2n) is 1.37. The van der Waals surface area contributed by atoms with E-state index in [0.29, 0.717) is 0 Å². The maximum atomic E-state index is 10.1. The molecular weight excluding hydrogens is 102 g/mol. The largest absolute Gasteiger partial charge is 0.293 e. The lowest BCUT2D eigenvalue weighted by atomic mass is 10.5. The highest BCUT2D eigenvalue weighted by Crippen LogP contribution is 1.70. The minimum atomic E-state index is -0.0249. The topological polar surface area (TPSA) is 29.4 Å². The number of carbonyl (C=O) groups excluding carboxylic acids is 1. The van der Waals surface area contributed by atoms with Crippen LogP contribution in [0.4, 0.5) is 0 Å². The molecule has 2 nitrogen and oxygen atoms in total. The van der Waals surface area contributed by atoms with E-state index in [0.717, 1.165) is 0 Å². The molecule has 0 saturated carbocycles. The van der Waals surface area contributed by atoms with Gasteiger partial charge >= 0.3 is 0 Å². The van der Waals surface area contributed by atoms with E-state index < -0.39 is 0 Å². The fourth-order valence-corrected chi connectivity index (χ4v) is 0.234. The van der Waals surface area contributed by atoms with E-state index in [2.05, 4.69) is 4.99 Å². The normalized spacial score (nSPS) is 11.2. The molecule has 0 aliphatic heterocycles. The number of nitrogens with zero attached hydrogens (tertiary/aromatic N) is 1. The Balaban J connectivity index is 3.50. The molecular formula is C6H9NO. The lowest BCUT2D eigenvalue weighted by Crippen LogP contribution is -1.87. The second kappa shape index (κ2) is 4.24. The van der Waals surface area contributed by atoms with Gasteiger partial charge in [0.2, 0.25) is 0 Å². The summed E-state index contributed by atoms with van der Waals surface area (Å²) in [5.74, 6) is -0.0249. The van der Waals surface area contributed by atoms with Gasteiger partial charge in [0.15, 0.2) is 5.78 Å². The Bertz CT molecular complexity index is 124. The SMILES string of the molecule is C/C=C\N=C/C(C)=O. The summed E-state index contributed by atoms with van der Waals surface area (Å²) in [6, 6.07) is 0. The fraction of sp³-hybridized carbons (Fsp3) is 0.333. The quantitative estimate of drug-likeness (QED) is 0.492. The zero-order valence-electron chi connectivity index (χ0n) is 5.09. The summed E-state index contributed by atoms with van der Waals surface area (Å²) in [7, 11) is 0. The summed E-state index contributed by atoms with van der Waals surface area (Å²) in [6.45, 7) is 3.31. The Morgan fingerprint density at radius 3 is 2.62 bits per heavy atom. The highest BCUT2D eigenvalue weighted by molar-refractivity contribution is 6.26. The Hall–Kier alpha value is -0.920. The Morgan fingerprint density at radius 1 is 1.62 bits per heavy atom. The molecule has 0 spiro atoms. The molecule has 0 fully saturated rings. The van der Waals surface area contributed by atoms with Crippen molar-refractivity contribution in [3.8, 4) is 0 Å². The molecule has 0 aromatic heterocycles. The molecule has 44 valence electrons. The van der Waals surface area contributed by atoms with Crippen molar-refractivity contribution >= 4 is 12.0 Å². The molecule has 0 radical (unpaired) electrons. The smallest absolute Gasteiger partial charge is 0.170 e. The average molecular weight is 111 g/mol. The van der Waals surface area contributed by atoms with Gasteiger partial charge in [0, 0.05) is 13.1 Å². The molecule has 0 aliphatic rings. The first-order valence-electron chi connectivity index (χ1n) is 2.42. The van der Waals surface area contributed by atoms with Gasteiger partial charge in [-0.2, -0.15) is 0 Å². The summed E-state index contributed by atoms with van der Waals surface area (Å²) in [6.07, 6.45) is 4.61. The Kier molecular flexibility index (Phi) is 3.76. The summed E-state index contributed by atoms with van der Waals surface area (Å²) >= 11 is 0. The maximum absolute atomic E-state index is 10.1. The molecule has 0 unspecified atom stereocenters. The van der Waals surface area contributed by atoms with Crippen molar-refractivity contribution < 1.29 is 4.79 Å². The van der Waals surface area contributed by atoms with E-state index >= 15 is 0 Å². The summed E-state index contributed by atoms with van der Waals surface area (Å²) in [4.78, 5) is 13.8. The van der Waals surface area contributed by atoms with Crippen LogP contribution in [-0.2, 0) is 4.79 Å². The molecule has 0 aliphatic carbocycles. The molecule has 8 heavy (non-hydrogen) atoms. The van der Waals surface area contributed by atoms with Gasteiger partial charge in [-0.15, -0.1) is 0 Å². The molecule has 0 bridgehead atoms. The minimum absolute atomic E-state index is 0.0249. The van der Waals surface area contributed by atoms with Gasteiger partial charge in [-0.3, -0.25) is 9.79 Å². The third kappa shape index (κ3) is 5.08. The first-order valence-corrected chi connectivity index (χ1v) is 2.42. The van der Waals surface area contributed by atoms with Gasteiger partial charge in [0.1, 0.15) is 0 Å². The number of rotatable bonds is 2. The number of carbonyl (C=O) groups is 1. The van der Waals surface area contributed by atoms with Gasteiger partial charge in [-0.1, -0.05) is 6.08 Å². The predicted molar refractivity (Wildman–Crippen MR) is 34.0 cm³/mol. The first kappa shape index (κ1) is 7.08. The number of allylic oxidation sites excluding steroid dienone is 1. The minimum Gasteiger partial charge on any atom is -0.293 e. The lowest BCUT2D eigenvalue weighted by Gasteiger charge is -1.72. The third-order valence-electron chi connectivity index (χ3n) is 0.491. The van der Waals surface area contributed by atoms with Crippen LogP contribution in [0.15, 0.2) is 17.3 Å². The standard InChI is InChI=1S/C6H9NO/c1-3-4-7-5-6(2)8/h3-5H,1-2H3/b4-3-,7-5-. The van der Waals surface area contributed by atoms with E-state index in [-0.39, 0.29) is 5.78 Å². The molecule has 0 aromatic rings. The molecule has 0 N–H and O–H groups in total. The maximum Gasteiger partial charge on any atom is 0.170 e. The molecule has 0 aromatic carbocycles. The van der Waals surface area contributed by atoms with Crippen LogP contribution in [0.5, 0.6) is 0 Å². The van der Waals surface area contributed by atoms with Crippen LogP contribution in [-0.4, -0.2) is 12.0 Å². The summed E-state index contributed by atoms with van der Waals surface area (Å²) < 4.78 is 0. The van der Waals surface area contributed by atoms with Gasteiger partial charge in [0.05, 0.1) is 6.21 Å². The fourth-order valence-electron chi connectivity index (χ4n) is 0.234. The third-order valence-corrected chi connectivity index (χ3v) is 0.491. The van der Waals surface area contributed by atoms with Crippen LogP contribution in [0.3, 0.4) is 0 Å². The van der Waals surface area contributed by atoms with Crippen molar-refractivity contribution in [3.05, 3.63) is 12.3 Å². The predicted octanol–water partition coefficient (Wildman–Crippen LogP) is 1.18. The number of aliphatic imine (C=N–C) groups is 1. The first-order chi connectivity index (χ1) is 3.77. The van der Waals surface area contributed by atoms with Crippen molar-refractivity contribution in [1.29, 1.82) is 0 Å². The highest BCUT2D eigenvalue weighted by atomic mass is 16.1. The Morgan fingerprint density at radius 2 is 2.25 bits per heavy atom. The van der Waals surface area contributed by atoms with Crippen LogP contribution >= 0.6 is 0 Å². The second-order valence-corrected chi connectivity index (χ2v) is 1.37. The van der Waals surface area contributed by atoms with E-state index in [1.54, 1.807) is 12.3 Å². The van der Waals surface area contributed by atoms with Crippen LogP contribution in [0, 0.1) is 0 Å². The van der Waals surface area contributed by atoms with E-state index in [1.807, 2.05) is 6.92 Å². The van der Waals surface area contributed by atoms with E-state index in [4.69, 9.17) is 0 Å². The van der Waals surface area contributed by atoms with Crippen LogP contribution in [0.1, 0.15) is 13.8 Å². The van der Waals surface area contributed by atoms with Gasteiger partial charge in [-0.05, 0) is 6.92 Å². The number of Topliss-reactive ketones (excluding diaryl/α,β-unsaturated/α-hetero) is 1. The van der Waals surface area contributed by atoms with E-state index in [9.17, 15) is 4.79 Å². The number of hydrogen-bond acceptors (Lipinski definition) is 2. The zero-order chi connectivity index (χ0) is 6.41. The molecule has 0 saturated heterocycles. The molecule has 0 rings (SSSR count). The summed E-state index contributed by atoms with van der Waals surface area (Å²) in [5, 5.41) is 0. The van der Waals surface area contributed by atoms with Gasteiger partial charge in [0.25, 0.3) is 0 Å². The average Bonchev–Trinajstić information content (AvgIpc) is 1.66. The van der Waals surface area contributed by atoms with Crippen molar-refractivity contribution in [2.24, 2.45) is 4.99 Å². The van der Waals surface area contributed by atoms with Crippen LogP contribution < -0.4 is 0 Å². The van der Waals surface area contributed by atoms with Crippen LogP contribution in [0.2, 0.25) is 0 Å². The molecule has 2 heteroatoms. The monoisotopic (exact) mass is 111 g/mol.